The van der Waals surface area contributed by atoms with E-state index in [4.69, 9.17) is 0 Å². The molecule has 15 heavy (non-hydrogen) atoms. The van der Waals surface area contributed by atoms with Gasteiger partial charge in [-0.05, 0) is 37.6 Å². The molecule has 0 spiro atoms. The number of hydrogen-bond donors (Lipinski definition) is 1. The first-order valence-corrected chi connectivity index (χ1v) is 6.17. The van der Waals surface area contributed by atoms with Crippen molar-refractivity contribution in [1.29, 1.82) is 0 Å². The molecule has 1 aliphatic rings. The first-order chi connectivity index (χ1) is 7.18. The quantitative estimate of drug-likeness (QED) is 0.887. The molecule has 0 radical (unpaired) electrons. The molecule has 82 valence electrons. The molecule has 0 amide bonds. The van der Waals surface area contributed by atoms with Crippen LogP contribution in [-0.2, 0) is 0 Å². The highest BCUT2D eigenvalue weighted by molar-refractivity contribution is 9.10. The van der Waals surface area contributed by atoms with E-state index in [1.807, 2.05) is 0 Å². The van der Waals surface area contributed by atoms with Crippen LogP contribution in [0.2, 0.25) is 0 Å². The highest BCUT2D eigenvalue weighted by atomic mass is 79.9. The van der Waals surface area contributed by atoms with E-state index >= 15 is 0 Å². The Hall–Kier alpha value is -0.540. The number of halogens is 1. The lowest BCUT2D eigenvalue weighted by Crippen LogP contribution is -2.33. The lowest BCUT2D eigenvalue weighted by Gasteiger charge is -2.26. The molecule has 1 aliphatic heterocycles. The minimum absolute atomic E-state index is 0.639. The van der Waals surface area contributed by atoms with Crippen LogP contribution in [0.15, 0.2) is 22.7 Å². The predicted molar refractivity (Wildman–Crippen MR) is 68.6 cm³/mol. The highest BCUT2D eigenvalue weighted by Gasteiger charge is 2.19. The van der Waals surface area contributed by atoms with Gasteiger partial charge in [-0.1, -0.05) is 22.0 Å². The minimum atomic E-state index is 0.639. The van der Waals surface area contributed by atoms with Gasteiger partial charge in [-0.2, -0.15) is 0 Å². The van der Waals surface area contributed by atoms with Gasteiger partial charge < -0.3 is 10.2 Å². The van der Waals surface area contributed by atoms with Gasteiger partial charge in [-0.3, -0.25) is 0 Å². The molecular weight excluding hydrogens is 252 g/mol. The van der Waals surface area contributed by atoms with Crippen molar-refractivity contribution < 1.29 is 0 Å². The van der Waals surface area contributed by atoms with Crippen LogP contribution in [0, 0.1) is 6.92 Å². The second-order valence-corrected chi connectivity index (χ2v) is 5.05. The lowest BCUT2D eigenvalue weighted by molar-refractivity contribution is 0.685. The zero-order valence-electron chi connectivity index (χ0n) is 9.26. The van der Waals surface area contributed by atoms with Crippen LogP contribution in [-0.4, -0.2) is 26.2 Å². The molecule has 1 fully saturated rings. The Bertz CT molecular complexity index is 345. The maximum absolute atomic E-state index is 3.58. The molecule has 0 saturated carbocycles. The molecular formula is C12H17BrN2. The molecule has 1 aromatic carbocycles. The maximum Gasteiger partial charge on any atom is 0.0423 e. The summed E-state index contributed by atoms with van der Waals surface area (Å²) in [5.74, 6) is 0. The summed E-state index contributed by atoms with van der Waals surface area (Å²) in [4.78, 5) is 2.37. The van der Waals surface area contributed by atoms with Crippen molar-refractivity contribution >= 4 is 21.6 Å². The average Bonchev–Trinajstić information content (AvgIpc) is 2.74. The Morgan fingerprint density at radius 3 is 2.87 bits per heavy atom. The Morgan fingerprint density at radius 1 is 1.47 bits per heavy atom. The number of likely N-dealkylation sites (N-methyl/N-ethyl adjacent to an activating group) is 1. The van der Waals surface area contributed by atoms with Gasteiger partial charge >= 0.3 is 0 Å². The predicted octanol–water partition coefficient (Wildman–Crippen LogP) is 2.56. The van der Waals surface area contributed by atoms with E-state index in [0.717, 1.165) is 13.1 Å². The SMILES string of the molecule is Cc1ccc(N(C)C2CCNC2)cc1Br. The number of hydrogen-bond acceptors (Lipinski definition) is 2. The Balaban J connectivity index is 2.17. The first kappa shape index (κ1) is 11.0. The number of nitrogens with zero attached hydrogens (tertiary/aromatic N) is 1. The molecule has 0 aliphatic carbocycles. The zero-order valence-corrected chi connectivity index (χ0v) is 10.8. The van der Waals surface area contributed by atoms with Crippen molar-refractivity contribution in [2.24, 2.45) is 0 Å². The second-order valence-electron chi connectivity index (χ2n) is 4.19. The van der Waals surface area contributed by atoms with Crippen molar-refractivity contribution in [1.82, 2.24) is 5.32 Å². The van der Waals surface area contributed by atoms with Crippen molar-refractivity contribution in [2.75, 3.05) is 25.0 Å². The number of benzene rings is 1. The fourth-order valence-electron chi connectivity index (χ4n) is 1.98. The molecule has 2 nitrogen and oxygen atoms in total. The van der Waals surface area contributed by atoms with E-state index in [-0.39, 0.29) is 0 Å². The summed E-state index contributed by atoms with van der Waals surface area (Å²) in [6.45, 7) is 4.36. The average molecular weight is 269 g/mol. The van der Waals surface area contributed by atoms with Gasteiger partial charge in [0.05, 0.1) is 0 Å². The number of nitrogens with one attached hydrogen (secondary N) is 1. The van der Waals surface area contributed by atoms with Gasteiger partial charge in [0, 0.05) is 29.8 Å². The van der Waals surface area contributed by atoms with Crippen LogP contribution in [0.4, 0.5) is 5.69 Å². The fourth-order valence-corrected chi connectivity index (χ4v) is 2.35. The van der Waals surface area contributed by atoms with E-state index in [0.29, 0.717) is 6.04 Å². The first-order valence-electron chi connectivity index (χ1n) is 5.38. The third-order valence-electron chi connectivity index (χ3n) is 3.14. The zero-order chi connectivity index (χ0) is 10.8. The Kier molecular flexibility index (Phi) is 3.32. The smallest absolute Gasteiger partial charge is 0.0423 e. The van der Waals surface area contributed by atoms with E-state index in [1.165, 1.54) is 22.1 Å². The summed E-state index contributed by atoms with van der Waals surface area (Å²) < 4.78 is 1.19. The summed E-state index contributed by atoms with van der Waals surface area (Å²) >= 11 is 3.58. The van der Waals surface area contributed by atoms with Gasteiger partial charge in [0.15, 0.2) is 0 Å². The number of rotatable bonds is 2. The van der Waals surface area contributed by atoms with Crippen LogP contribution in [0.3, 0.4) is 0 Å². The molecule has 3 heteroatoms. The third-order valence-corrected chi connectivity index (χ3v) is 4.00. The summed E-state index contributed by atoms with van der Waals surface area (Å²) in [5.41, 5.74) is 2.58. The largest absolute Gasteiger partial charge is 0.370 e. The molecule has 1 heterocycles. The van der Waals surface area contributed by atoms with Crippen LogP contribution >= 0.6 is 15.9 Å². The molecule has 1 saturated heterocycles. The molecule has 1 aromatic rings. The highest BCUT2D eigenvalue weighted by Crippen LogP contribution is 2.25. The molecule has 0 bridgehead atoms. The van der Waals surface area contributed by atoms with Crippen LogP contribution in [0.1, 0.15) is 12.0 Å². The minimum Gasteiger partial charge on any atom is -0.370 e. The van der Waals surface area contributed by atoms with E-state index < -0.39 is 0 Å². The molecule has 1 unspecified atom stereocenters. The van der Waals surface area contributed by atoms with Gasteiger partial charge in [0.1, 0.15) is 0 Å². The van der Waals surface area contributed by atoms with Crippen molar-refractivity contribution in [3.8, 4) is 0 Å². The topological polar surface area (TPSA) is 15.3 Å². The van der Waals surface area contributed by atoms with Crippen LogP contribution in [0.25, 0.3) is 0 Å². The van der Waals surface area contributed by atoms with Gasteiger partial charge in [-0.25, -0.2) is 0 Å². The van der Waals surface area contributed by atoms with Crippen LogP contribution in [0.5, 0.6) is 0 Å². The van der Waals surface area contributed by atoms with Gasteiger partial charge in [0.25, 0.3) is 0 Å². The molecule has 1 N–H and O–H groups in total. The second kappa shape index (κ2) is 4.54. The number of anilines is 1. The monoisotopic (exact) mass is 268 g/mol. The third kappa shape index (κ3) is 2.34. The maximum atomic E-state index is 3.58. The molecule has 1 atom stereocenters. The number of aryl methyl sites for hydroxylation is 1. The normalized spacial score (nSPS) is 20.6. The summed E-state index contributed by atoms with van der Waals surface area (Å²) in [6.07, 6.45) is 1.24. The Morgan fingerprint density at radius 2 is 2.27 bits per heavy atom. The summed E-state index contributed by atoms with van der Waals surface area (Å²) in [6, 6.07) is 7.20. The molecule has 2 rings (SSSR count). The van der Waals surface area contributed by atoms with Gasteiger partial charge in [0.2, 0.25) is 0 Å². The van der Waals surface area contributed by atoms with E-state index in [2.05, 4.69) is 58.3 Å². The fraction of sp³-hybridized carbons (Fsp3) is 0.500. The molecule has 0 aromatic heterocycles. The van der Waals surface area contributed by atoms with Crippen LogP contribution < -0.4 is 10.2 Å². The van der Waals surface area contributed by atoms with E-state index in [1.54, 1.807) is 0 Å². The standard InChI is InChI=1S/C12H17BrN2/c1-9-3-4-10(7-12(9)13)15(2)11-5-6-14-8-11/h3-4,7,11,14H,5-6,8H2,1-2H3. The van der Waals surface area contributed by atoms with Crippen molar-refractivity contribution in [3.05, 3.63) is 28.2 Å². The van der Waals surface area contributed by atoms with Crippen molar-refractivity contribution in [3.63, 3.8) is 0 Å². The van der Waals surface area contributed by atoms with Gasteiger partial charge in [-0.15, -0.1) is 0 Å². The van der Waals surface area contributed by atoms with E-state index in [9.17, 15) is 0 Å². The van der Waals surface area contributed by atoms with Crippen molar-refractivity contribution in [2.45, 2.75) is 19.4 Å². The summed E-state index contributed by atoms with van der Waals surface area (Å²) in [7, 11) is 2.18. The lowest BCUT2D eigenvalue weighted by atomic mass is 10.1. The summed E-state index contributed by atoms with van der Waals surface area (Å²) in [5, 5.41) is 3.40. The Labute approximate surface area is 99.8 Å².